The summed E-state index contributed by atoms with van der Waals surface area (Å²) in [5, 5.41) is 0. The van der Waals surface area contributed by atoms with Crippen molar-refractivity contribution in [2.45, 2.75) is 107 Å². The fourth-order valence-electron chi connectivity index (χ4n) is 5.76. The molecule has 34 heavy (non-hydrogen) atoms. The molecule has 1 saturated carbocycles. The van der Waals surface area contributed by atoms with E-state index >= 15 is 0 Å². The Balaban J connectivity index is 1.61. The molecule has 0 aromatic carbocycles. The summed E-state index contributed by atoms with van der Waals surface area (Å²) in [5.74, 6) is -2.53. The minimum Gasteiger partial charge on any atom is -0.350 e. The van der Waals surface area contributed by atoms with Crippen LogP contribution in [0.5, 0.6) is 0 Å². The van der Waals surface area contributed by atoms with Gasteiger partial charge in [0.05, 0.1) is 0 Å². The highest BCUT2D eigenvalue weighted by atomic mass is 32.2. The molecule has 10 heteroatoms. The third kappa shape index (κ3) is 4.67. The monoisotopic (exact) mass is 498 g/mol. The fraction of sp³-hybridized carbons (Fsp3) is 0.750. The Labute approximate surface area is 201 Å². The minimum absolute atomic E-state index is 0.137. The summed E-state index contributed by atoms with van der Waals surface area (Å²) in [6.45, 7) is 6.26. The van der Waals surface area contributed by atoms with Crippen LogP contribution >= 0.6 is 0 Å². The van der Waals surface area contributed by atoms with Crippen LogP contribution in [-0.4, -0.2) is 72.2 Å². The van der Waals surface area contributed by atoms with Gasteiger partial charge in [-0.2, -0.15) is 4.31 Å². The number of pyridine rings is 1. The van der Waals surface area contributed by atoms with Crippen molar-refractivity contribution in [1.82, 2.24) is 14.2 Å². The molecule has 3 atom stereocenters. The molecule has 1 aromatic rings. The summed E-state index contributed by atoms with van der Waals surface area (Å²) in [6.07, 6.45) is 2.91. The average molecular weight is 499 g/mol. The van der Waals surface area contributed by atoms with Crippen LogP contribution in [0, 0.1) is 6.92 Å². The molecule has 3 fully saturated rings. The van der Waals surface area contributed by atoms with Crippen LogP contribution in [0.3, 0.4) is 0 Å². The Morgan fingerprint density at radius 2 is 1.71 bits per heavy atom. The zero-order valence-electron chi connectivity index (χ0n) is 20.5. The summed E-state index contributed by atoms with van der Waals surface area (Å²) in [7, 11) is -2.37. The number of hydrogen-bond donors (Lipinski definition) is 0. The number of carbonyl (C=O) groups excluding carboxylic acids is 1. The smallest absolute Gasteiger partial charge is 0.248 e. The highest BCUT2D eigenvalue weighted by molar-refractivity contribution is 7.89. The molecule has 1 aromatic heterocycles. The SMILES string of the molecule is Cc1ccc(S(=O)(=O)N2CCC[C@H]2C(=O)N(C)C2CCC(F)(F)CC2)c(N2[C@H](C)CC[C@@H]2C)n1. The van der Waals surface area contributed by atoms with Crippen LogP contribution in [0.25, 0.3) is 0 Å². The van der Waals surface area contributed by atoms with Crippen molar-refractivity contribution in [3.8, 4) is 0 Å². The van der Waals surface area contributed by atoms with E-state index in [9.17, 15) is 22.0 Å². The number of anilines is 1. The topological polar surface area (TPSA) is 73.8 Å². The molecular formula is C24H36F2N4O3S. The van der Waals surface area contributed by atoms with Crippen molar-refractivity contribution in [2.24, 2.45) is 0 Å². The number of aromatic nitrogens is 1. The van der Waals surface area contributed by atoms with Crippen molar-refractivity contribution in [1.29, 1.82) is 0 Å². The number of nitrogens with zero attached hydrogens (tertiary/aromatic N) is 4. The number of sulfonamides is 1. The lowest BCUT2D eigenvalue weighted by atomic mass is 9.91. The fourth-order valence-corrected chi connectivity index (χ4v) is 7.53. The Hall–Kier alpha value is -1.81. The van der Waals surface area contributed by atoms with Crippen LogP contribution in [0.4, 0.5) is 14.6 Å². The molecule has 0 bridgehead atoms. The van der Waals surface area contributed by atoms with Gasteiger partial charge in [-0.3, -0.25) is 4.79 Å². The Morgan fingerprint density at radius 1 is 1.09 bits per heavy atom. The first kappa shape index (κ1) is 25.3. The molecule has 1 aliphatic carbocycles. The van der Waals surface area contributed by atoms with E-state index in [0.717, 1.165) is 18.5 Å². The molecule has 190 valence electrons. The van der Waals surface area contributed by atoms with Crippen molar-refractivity contribution in [3.05, 3.63) is 17.8 Å². The van der Waals surface area contributed by atoms with Crippen LogP contribution < -0.4 is 4.90 Å². The number of carbonyl (C=O) groups is 1. The van der Waals surface area contributed by atoms with Gasteiger partial charge >= 0.3 is 0 Å². The van der Waals surface area contributed by atoms with E-state index in [1.165, 1.54) is 9.21 Å². The van der Waals surface area contributed by atoms with Gasteiger partial charge in [-0.1, -0.05) is 0 Å². The summed E-state index contributed by atoms with van der Waals surface area (Å²) in [4.78, 5) is 21.8. The van der Waals surface area contributed by atoms with Crippen LogP contribution in [-0.2, 0) is 14.8 Å². The maximum absolute atomic E-state index is 13.9. The first-order chi connectivity index (χ1) is 15.9. The van der Waals surface area contributed by atoms with Gasteiger partial charge in [-0.15, -0.1) is 0 Å². The third-order valence-corrected chi connectivity index (χ3v) is 9.76. The minimum atomic E-state index is -3.99. The molecular weight excluding hydrogens is 462 g/mol. The number of alkyl halides is 2. The molecule has 0 spiro atoms. The molecule has 2 aliphatic heterocycles. The van der Waals surface area contributed by atoms with Crippen LogP contribution in [0.15, 0.2) is 17.0 Å². The van der Waals surface area contributed by atoms with Crippen LogP contribution in [0.1, 0.15) is 70.9 Å². The number of hydrogen-bond acceptors (Lipinski definition) is 5. The summed E-state index contributed by atoms with van der Waals surface area (Å²) >= 11 is 0. The maximum atomic E-state index is 13.9. The van der Waals surface area contributed by atoms with Crippen molar-refractivity contribution < 1.29 is 22.0 Å². The first-order valence-corrected chi connectivity index (χ1v) is 13.8. The van der Waals surface area contributed by atoms with Gasteiger partial charge in [0.15, 0.2) is 0 Å². The normalized spacial score (nSPS) is 28.4. The molecule has 0 unspecified atom stereocenters. The van der Waals surface area contributed by atoms with E-state index in [0.29, 0.717) is 18.7 Å². The van der Waals surface area contributed by atoms with Gasteiger partial charge in [0.1, 0.15) is 16.8 Å². The van der Waals surface area contributed by atoms with E-state index in [1.807, 2.05) is 6.92 Å². The van der Waals surface area contributed by atoms with E-state index in [4.69, 9.17) is 0 Å². The molecule has 7 nitrogen and oxygen atoms in total. The van der Waals surface area contributed by atoms with Gasteiger partial charge in [-0.05, 0) is 71.4 Å². The Kier molecular flexibility index (Phi) is 6.94. The van der Waals surface area contributed by atoms with E-state index in [2.05, 4.69) is 23.7 Å². The standard InChI is InChI=1S/C24H36F2N4O3S/c1-16-7-10-21(22(27-16)30-17(2)8-9-18(30)3)34(32,33)29-15-5-6-20(29)23(31)28(4)19-11-13-24(25,26)14-12-19/h7,10,17-20H,5-6,8-9,11-15H2,1-4H3/t17-,18+,20-/m0/s1. The lowest BCUT2D eigenvalue weighted by Gasteiger charge is -2.37. The second-order valence-electron chi connectivity index (χ2n) is 10.3. The van der Waals surface area contributed by atoms with E-state index < -0.39 is 22.0 Å². The van der Waals surface area contributed by atoms with Crippen molar-refractivity contribution >= 4 is 21.7 Å². The number of amides is 1. The lowest BCUT2D eigenvalue weighted by Crippen LogP contribution is -2.51. The molecule has 3 aliphatic rings. The summed E-state index contributed by atoms with van der Waals surface area (Å²) in [5.41, 5.74) is 0.739. The summed E-state index contributed by atoms with van der Waals surface area (Å²) in [6, 6.07) is 2.54. The maximum Gasteiger partial charge on any atom is 0.248 e. The number of rotatable bonds is 5. The largest absolute Gasteiger partial charge is 0.350 e. The van der Waals surface area contributed by atoms with Gasteiger partial charge in [0.25, 0.3) is 0 Å². The lowest BCUT2D eigenvalue weighted by molar-refractivity contribution is -0.138. The second kappa shape index (κ2) is 9.33. The molecule has 0 radical (unpaired) electrons. The van der Waals surface area contributed by atoms with E-state index in [1.54, 1.807) is 19.2 Å². The predicted octanol–water partition coefficient (Wildman–Crippen LogP) is 3.96. The Morgan fingerprint density at radius 3 is 2.32 bits per heavy atom. The number of aryl methyl sites for hydroxylation is 1. The third-order valence-electron chi connectivity index (χ3n) is 7.83. The highest BCUT2D eigenvalue weighted by Gasteiger charge is 2.45. The predicted molar refractivity (Wildman–Crippen MR) is 126 cm³/mol. The van der Waals surface area contributed by atoms with Gasteiger partial charge in [0, 0.05) is 50.3 Å². The van der Waals surface area contributed by atoms with Gasteiger partial charge in [-0.25, -0.2) is 22.2 Å². The second-order valence-corrected chi connectivity index (χ2v) is 12.1. The van der Waals surface area contributed by atoms with Crippen molar-refractivity contribution in [2.75, 3.05) is 18.5 Å². The van der Waals surface area contributed by atoms with Crippen LogP contribution in [0.2, 0.25) is 0 Å². The quantitative estimate of drug-likeness (QED) is 0.615. The molecule has 3 heterocycles. The average Bonchev–Trinajstić information content (AvgIpc) is 3.39. The first-order valence-electron chi connectivity index (χ1n) is 12.3. The zero-order chi connectivity index (χ0) is 24.8. The van der Waals surface area contributed by atoms with Gasteiger partial charge in [0.2, 0.25) is 21.9 Å². The van der Waals surface area contributed by atoms with E-state index in [-0.39, 0.29) is 61.2 Å². The number of likely N-dealkylation sites (N-methyl/N-ethyl adjacent to an activating group) is 1. The molecule has 4 rings (SSSR count). The number of halogens is 2. The van der Waals surface area contributed by atoms with Crippen molar-refractivity contribution in [3.63, 3.8) is 0 Å². The summed E-state index contributed by atoms with van der Waals surface area (Å²) < 4.78 is 56.4. The Bertz CT molecular complexity index is 1020. The van der Waals surface area contributed by atoms with Gasteiger partial charge < -0.3 is 9.80 Å². The molecule has 2 saturated heterocycles. The zero-order valence-corrected chi connectivity index (χ0v) is 21.3. The highest BCUT2D eigenvalue weighted by Crippen LogP contribution is 2.38. The molecule has 1 amide bonds. The molecule has 0 N–H and O–H groups in total.